The molecule has 3 aromatic rings. The molecular formula is C27H30N2O3. The van der Waals surface area contributed by atoms with Crippen molar-refractivity contribution >= 4 is 6.09 Å². The number of carbonyl (C=O) groups excluding carboxylic acids is 1. The molecule has 0 radical (unpaired) electrons. The van der Waals surface area contributed by atoms with E-state index in [1.54, 1.807) is 11.1 Å². The summed E-state index contributed by atoms with van der Waals surface area (Å²) in [6, 6.07) is 22.4. The first-order chi connectivity index (χ1) is 15.4. The van der Waals surface area contributed by atoms with Crippen LogP contribution in [-0.4, -0.2) is 40.8 Å². The van der Waals surface area contributed by atoms with Crippen LogP contribution in [0.4, 0.5) is 4.79 Å². The summed E-state index contributed by atoms with van der Waals surface area (Å²) in [6.07, 6.45) is 3.35. The van der Waals surface area contributed by atoms with Gasteiger partial charge in [-0.15, -0.1) is 0 Å². The number of ether oxygens (including phenoxy) is 2. The third-order valence-corrected chi connectivity index (χ3v) is 5.44. The number of rotatable bonds is 5. The SMILES string of the molecule is CC(C)(C)OC(=O)N1CCC[C@@H]1COc1cnc(-c2ccccc2)c(-c2ccccc2)c1. The molecule has 5 heteroatoms. The van der Waals surface area contributed by atoms with E-state index in [4.69, 9.17) is 14.5 Å². The molecule has 1 saturated heterocycles. The fourth-order valence-corrected chi connectivity index (χ4v) is 3.95. The van der Waals surface area contributed by atoms with Crippen molar-refractivity contribution < 1.29 is 14.3 Å². The van der Waals surface area contributed by atoms with Gasteiger partial charge in [0.05, 0.1) is 17.9 Å². The standard InChI is InChI=1S/C27H30N2O3/c1-27(2,3)32-26(30)29-16-10-15-22(29)19-31-23-17-24(20-11-6-4-7-12-20)25(28-18-23)21-13-8-5-9-14-21/h4-9,11-14,17-18,22H,10,15-16,19H2,1-3H3/t22-/m1/s1. The van der Waals surface area contributed by atoms with E-state index in [0.717, 1.165) is 35.2 Å². The van der Waals surface area contributed by atoms with E-state index < -0.39 is 5.60 Å². The predicted octanol–water partition coefficient (Wildman–Crippen LogP) is 6.19. The number of carbonyl (C=O) groups is 1. The van der Waals surface area contributed by atoms with Gasteiger partial charge in [-0.1, -0.05) is 60.7 Å². The maximum absolute atomic E-state index is 12.6. The average Bonchev–Trinajstić information content (AvgIpc) is 3.27. The van der Waals surface area contributed by atoms with Crippen molar-refractivity contribution in [1.82, 2.24) is 9.88 Å². The molecule has 2 heterocycles. The molecule has 4 rings (SSSR count). The van der Waals surface area contributed by atoms with Crippen LogP contribution in [0.15, 0.2) is 72.9 Å². The Morgan fingerprint density at radius 1 is 1.03 bits per heavy atom. The van der Waals surface area contributed by atoms with E-state index in [-0.39, 0.29) is 12.1 Å². The zero-order valence-electron chi connectivity index (χ0n) is 19.0. The van der Waals surface area contributed by atoms with Crippen molar-refractivity contribution in [3.05, 3.63) is 72.9 Å². The predicted molar refractivity (Wildman–Crippen MR) is 127 cm³/mol. The van der Waals surface area contributed by atoms with Crippen molar-refractivity contribution in [2.75, 3.05) is 13.2 Å². The summed E-state index contributed by atoms with van der Waals surface area (Å²) in [6.45, 7) is 6.77. The Bertz CT molecular complexity index is 1050. The van der Waals surface area contributed by atoms with E-state index >= 15 is 0 Å². The first kappa shape index (κ1) is 21.9. The van der Waals surface area contributed by atoms with Crippen LogP contribution in [0, 0.1) is 0 Å². The number of pyridine rings is 1. The summed E-state index contributed by atoms with van der Waals surface area (Å²) in [4.78, 5) is 19.1. The monoisotopic (exact) mass is 430 g/mol. The Morgan fingerprint density at radius 2 is 1.69 bits per heavy atom. The van der Waals surface area contributed by atoms with Gasteiger partial charge in [-0.2, -0.15) is 0 Å². The molecule has 166 valence electrons. The van der Waals surface area contributed by atoms with E-state index in [2.05, 4.69) is 24.3 Å². The number of likely N-dealkylation sites (tertiary alicyclic amines) is 1. The Labute approximate surface area is 190 Å². The Hall–Kier alpha value is -3.34. The Kier molecular flexibility index (Phi) is 6.45. The fourth-order valence-electron chi connectivity index (χ4n) is 3.95. The van der Waals surface area contributed by atoms with Crippen LogP contribution >= 0.6 is 0 Å². The second-order valence-electron chi connectivity index (χ2n) is 9.08. The van der Waals surface area contributed by atoms with Gasteiger partial charge < -0.3 is 14.4 Å². The number of hydrogen-bond acceptors (Lipinski definition) is 4. The maximum atomic E-state index is 12.6. The summed E-state index contributed by atoms with van der Waals surface area (Å²) in [5.41, 5.74) is 3.57. The third-order valence-electron chi connectivity index (χ3n) is 5.44. The van der Waals surface area contributed by atoms with Crippen LogP contribution in [0.2, 0.25) is 0 Å². The Balaban J connectivity index is 1.54. The summed E-state index contributed by atoms with van der Waals surface area (Å²) < 4.78 is 11.7. The van der Waals surface area contributed by atoms with Gasteiger partial charge in [0, 0.05) is 17.7 Å². The van der Waals surface area contributed by atoms with Crippen LogP contribution in [-0.2, 0) is 4.74 Å². The van der Waals surface area contributed by atoms with Crippen molar-refractivity contribution in [2.24, 2.45) is 0 Å². The summed E-state index contributed by atoms with van der Waals surface area (Å²) in [5.74, 6) is 0.694. The van der Waals surface area contributed by atoms with Crippen LogP contribution in [0.1, 0.15) is 33.6 Å². The van der Waals surface area contributed by atoms with Gasteiger partial charge in [-0.05, 0) is 45.2 Å². The van der Waals surface area contributed by atoms with E-state index in [1.807, 2.05) is 63.2 Å². The molecule has 1 aliphatic heterocycles. The van der Waals surface area contributed by atoms with Gasteiger partial charge in [0.25, 0.3) is 0 Å². The van der Waals surface area contributed by atoms with Crippen molar-refractivity contribution in [1.29, 1.82) is 0 Å². The number of aromatic nitrogens is 1. The van der Waals surface area contributed by atoms with E-state index in [9.17, 15) is 4.79 Å². The summed E-state index contributed by atoms with van der Waals surface area (Å²) in [7, 11) is 0. The molecule has 5 nitrogen and oxygen atoms in total. The maximum Gasteiger partial charge on any atom is 0.410 e. The quantitative estimate of drug-likeness (QED) is 0.484. The minimum atomic E-state index is -0.507. The molecule has 0 bridgehead atoms. The second kappa shape index (κ2) is 9.43. The highest BCUT2D eigenvalue weighted by Crippen LogP contribution is 2.33. The first-order valence-electron chi connectivity index (χ1n) is 11.1. The second-order valence-corrected chi connectivity index (χ2v) is 9.08. The first-order valence-corrected chi connectivity index (χ1v) is 11.1. The number of benzene rings is 2. The molecule has 1 amide bonds. The molecule has 1 aromatic heterocycles. The minimum Gasteiger partial charge on any atom is -0.490 e. The normalized spacial score (nSPS) is 16.1. The van der Waals surface area contributed by atoms with Gasteiger partial charge in [-0.25, -0.2) is 4.79 Å². The highest BCUT2D eigenvalue weighted by molar-refractivity contribution is 5.81. The lowest BCUT2D eigenvalue weighted by molar-refractivity contribution is 0.0187. The molecule has 0 spiro atoms. The van der Waals surface area contributed by atoms with Gasteiger partial charge in [0.1, 0.15) is 18.0 Å². The van der Waals surface area contributed by atoms with E-state index in [0.29, 0.717) is 18.9 Å². The molecule has 1 fully saturated rings. The number of hydrogen-bond donors (Lipinski definition) is 0. The zero-order chi connectivity index (χ0) is 22.6. The minimum absolute atomic E-state index is 0.00109. The highest BCUT2D eigenvalue weighted by Gasteiger charge is 2.32. The highest BCUT2D eigenvalue weighted by atomic mass is 16.6. The number of nitrogens with zero attached hydrogens (tertiary/aromatic N) is 2. The van der Waals surface area contributed by atoms with Crippen LogP contribution in [0.25, 0.3) is 22.4 Å². The summed E-state index contributed by atoms with van der Waals surface area (Å²) >= 11 is 0. The fraction of sp³-hybridized carbons (Fsp3) is 0.333. The lowest BCUT2D eigenvalue weighted by atomic mass is 9.99. The molecule has 0 aliphatic carbocycles. The molecule has 2 aromatic carbocycles. The molecule has 1 aliphatic rings. The van der Waals surface area contributed by atoms with Crippen LogP contribution in [0.5, 0.6) is 5.75 Å². The van der Waals surface area contributed by atoms with Gasteiger partial charge >= 0.3 is 6.09 Å². The average molecular weight is 431 g/mol. The number of amides is 1. The molecule has 32 heavy (non-hydrogen) atoms. The molecular weight excluding hydrogens is 400 g/mol. The van der Waals surface area contributed by atoms with Gasteiger partial charge in [0.15, 0.2) is 0 Å². The lowest BCUT2D eigenvalue weighted by Crippen LogP contribution is -2.42. The smallest absolute Gasteiger partial charge is 0.410 e. The molecule has 0 saturated carbocycles. The Morgan fingerprint density at radius 3 is 2.34 bits per heavy atom. The topological polar surface area (TPSA) is 51.7 Å². The van der Waals surface area contributed by atoms with Crippen molar-refractivity contribution in [3.8, 4) is 28.1 Å². The largest absolute Gasteiger partial charge is 0.490 e. The lowest BCUT2D eigenvalue weighted by Gasteiger charge is -2.28. The van der Waals surface area contributed by atoms with E-state index in [1.165, 1.54) is 0 Å². The van der Waals surface area contributed by atoms with Gasteiger partial charge in [0.2, 0.25) is 0 Å². The summed E-state index contributed by atoms with van der Waals surface area (Å²) in [5, 5.41) is 0. The van der Waals surface area contributed by atoms with Crippen LogP contribution in [0.3, 0.4) is 0 Å². The zero-order valence-corrected chi connectivity index (χ0v) is 19.0. The van der Waals surface area contributed by atoms with Crippen molar-refractivity contribution in [2.45, 2.75) is 45.3 Å². The molecule has 0 N–H and O–H groups in total. The van der Waals surface area contributed by atoms with Crippen molar-refractivity contribution in [3.63, 3.8) is 0 Å². The van der Waals surface area contributed by atoms with Crippen LogP contribution < -0.4 is 4.74 Å². The molecule has 0 unspecified atom stereocenters. The van der Waals surface area contributed by atoms with Gasteiger partial charge in [-0.3, -0.25) is 4.98 Å². The molecule has 1 atom stereocenters. The third kappa shape index (κ3) is 5.28.